The summed E-state index contributed by atoms with van der Waals surface area (Å²) in [6, 6.07) is 13.2. The van der Waals surface area contributed by atoms with Gasteiger partial charge in [0.25, 0.3) is 11.8 Å². The highest BCUT2D eigenvalue weighted by Crippen LogP contribution is 2.13. The molecule has 1 atom stereocenters. The van der Waals surface area contributed by atoms with E-state index in [0.717, 1.165) is 0 Å². The summed E-state index contributed by atoms with van der Waals surface area (Å²) < 4.78 is 19.1. The van der Waals surface area contributed by atoms with Gasteiger partial charge in [0.1, 0.15) is 17.6 Å². The van der Waals surface area contributed by atoms with Gasteiger partial charge in [-0.15, -0.1) is 0 Å². The maximum atomic E-state index is 14.1. The van der Waals surface area contributed by atoms with Crippen molar-refractivity contribution in [3.63, 3.8) is 0 Å². The maximum Gasteiger partial charge on any atom is 0.328 e. The molecule has 0 saturated heterocycles. The third-order valence-electron chi connectivity index (χ3n) is 4.23. The Bertz CT molecular complexity index is 926. The zero-order chi connectivity index (χ0) is 22.1. The number of rotatable bonds is 8. The SMILES string of the molecule is CCOC(=O)[C@@H](NC(=O)C(=Cc1ccccc1F)NC(=O)c1ccccc1)C(C)C. The lowest BCUT2D eigenvalue weighted by atomic mass is 10.0. The van der Waals surface area contributed by atoms with Crippen molar-refractivity contribution in [2.45, 2.75) is 26.8 Å². The highest BCUT2D eigenvalue weighted by molar-refractivity contribution is 6.06. The van der Waals surface area contributed by atoms with E-state index in [9.17, 15) is 18.8 Å². The molecule has 0 heterocycles. The van der Waals surface area contributed by atoms with Gasteiger partial charge in [0, 0.05) is 11.1 Å². The zero-order valence-corrected chi connectivity index (χ0v) is 17.1. The number of esters is 1. The molecule has 2 N–H and O–H groups in total. The van der Waals surface area contributed by atoms with Gasteiger partial charge in [-0.2, -0.15) is 0 Å². The predicted octanol–water partition coefficient (Wildman–Crippen LogP) is 3.30. The molecular weight excluding hydrogens is 387 g/mol. The molecule has 0 unspecified atom stereocenters. The van der Waals surface area contributed by atoms with Gasteiger partial charge in [0.05, 0.1) is 6.61 Å². The van der Waals surface area contributed by atoms with E-state index in [0.29, 0.717) is 5.56 Å². The molecule has 0 aliphatic rings. The van der Waals surface area contributed by atoms with Crippen molar-refractivity contribution in [2.75, 3.05) is 6.61 Å². The number of carbonyl (C=O) groups excluding carboxylic acids is 3. The fourth-order valence-corrected chi connectivity index (χ4v) is 2.64. The summed E-state index contributed by atoms with van der Waals surface area (Å²) in [7, 11) is 0. The van der Waals surface area contributed by atoms with Crippen LogP contribution in [0.1, 0.15) is 36.7 Å². The fourth-order valence-electron chi connectivity index (χ4n) is 2.64. The van der Waals surface area contributed by atoms with Gasteiger partial charge < -0.3 is 15.4 Å². The van der Waals surface area contributed by atoms with Crippen LogP contribution in [-0.2, 0) is 14.3 Å². The van der Waals surface area contributed by atoms with E-state index >= 15 is 0 Å². The Balaban J connectivity index is 2.34. The van der Waals surface area contributed by atoms with Crippen molar-refractivity contribution < 1.29 is 23.5 Å². The topological polar surface area (TPSA) is 84.5 Å². The van der Waals surface area contributed by atoms with Crippen LogP contribution in [0.25, 0.3) is 6.08 Å². The maximum absolute atomic E-state index is 14.1. The summed E-state index contributed by atoms with van der Waals surface area (Å²) in [5.41, 5.74) is 0.257. The summed E-state index contributed by atoms with van der Waals surface area (Å²) in [5, 5.41) is 5.09. The minimum absolute atomic E-state index is 0.119. The summed E-state index contributed by atoms with van der Waals surface area (Å²) in [6.45, 7) is 5.34. The summed E-state index contributed by atoms with van der Waals surface area (Å²) >= 11 is 0. The van der Waals surface area contributed by atoms with E-state index in [-0.39, 0.29) is 23.8 Å². The van der Waals surface area contributed by atoms with E-state index in [2.05, 4.69) is 10.6 Å². The van der Waals surface area contributed by atoms with Crippen LogP contribution in [0.5, 0.6) is 0 Å². The molecule has 158 valence electrons. The van der Waals surface area contributed by atoms with Crippen LogP contribution in [0, 0.1) is 11.7 Å². The minimum atomic E-state index is -0.921. The van der Waals surface area contributed by atoms with Crippen molar-refractivity contribution in [3.8, 4) is 0 Å². The second kappa shape index (κ2) is 10.9. The van der Waals surface area contributed by atoms with Crippen LogP contribution in [0.3, 0.4) is 0 Å². The summed E-state index contributed by atoms with van der Waals surface area (Å²) in [5.74, 6) is -2.66. The molecular formula is C23H25FN2O4. The summed E-state index contributed by atoms with van der Waals surface area (Å²) in [4.78, 5) is 37.7. The first-order valence-corrected chi connectivity index (χ1v) is 9.63. The van der Waals surface area contributed by atoms with Crippen molar-refractivity contribution >= 4 is 23.9 Å². The number of nitrogens with one attached hydrogen (secondary N) is 2. The molecule has 7 heteroatoms. The number of halogens is 1. The first-order valence-electron chi connectivity index (χ1n) is 9.63. The Morgan fingerprint density at radius 3 is 2.27 bits per heavy atom. The van der Waals surface area contributed by atoms with Crippen molar-refractivity contribution in [1.82, 2.24) is 10.6 Å². The third kappa shape index (κ3) is 6.27. The van der Waals surface area contributed by atoms with Crippen molar-refractivity contribution in [3.05, 3.63) is 77.2 Å². The highest BCUT2D eigenvalue weighted by Gasteiger charge is 2.27. The minimum Gasteiger partial charge on any atom is -0.464 e. The second-order valence-electron chi connectivity index (χ2n) is 6.85. The second-order valence-corrected chi connectivity index (χ2v) is 6.85. The Morgan fingerprint density at radius 1 is 1.03 bits per heavy atom. The quantitative estimate of drug-likeness (QED) is 0.515. The monoisotopic (exact) mass is 412 g/mol. The molecule has 6 nitrogen and oxygen atoms in total. The Kier molecular flexibility index (Phi) is 8.29. The largest absolute Gasteiger partial charge is 0.464 e. The normalized spacial score (nSPS) is 12.2. The first-order chi connectivity index (χ1) is 14.3. The zero-order valence-electron chi connectivity index (χ0n) is 17.1. The average molecular weight is 412 g/mol. The van der Waals surface area contributed by atoms with Crippen LogP contribution in [0.4, 0.5) is 4.39 Å². The van der Waals surface area contributed by atoms with E-state index in [1.165, 1.54) is 24.3 Å². The van der Waals surface area contributed by atoms with Crippen LogP contribution in [0.15, 0.2) is 60.3 Å². The van der Waals surface area contributed by atoms with Crippen LogP contribution in [0.2, 0.25) is 0 Å². The van der Waals surface area contributed by atoms with E-state index in [1.54, 1.807) is 57.2 Å². The Hall–Kier alpha value is -3.48. The molecule has 30 heavy (non-hydrogen) atoms. The van der Waals surface area contributed by atoms with E-state index < -0.39 is 29.6 Å². The van der Waals surface area contributed by atoms with Gasteiger partial charge in [-0.25, -0.2) is 9.18 Å². The molecule has 0 aromatic heterocycles. The Morgan fingerprint density at radius 2 is 1.67 bits per heavy atom. The molecule has 0 aliphatic carbocycles. The lowest BCUT2D eigenvalue weighted by Crippen LogP contribution is -2.47. The van der Waals surface area contributed by atoms with Gasteiger partial charge in [-0.05, 0) is 37.1 Å². The van der Waals surface area contributed by atoms with Gasteiger partial charge in [0.2, 0.25) is 0 Å². The highest BCUT2D eigenvalue weighted by atomic mass is 19.1. The molecule has 0 spiro atoms. The van der Waals surface area contributed by atoms with Crippen LogP contribution in [-0.4, -0.2) is 30.4 Å². The first kappa shape index (κ1) is 22.8. The van der Waals surface area contributed by atoms with Gasteiger partial charge in [0.15, 0.2) is 0 Å². The van der Waals surface area contributed by atoms with Gasteiger partial charge >= 0.3 is 5.97 Å². The molecule has 0 aliphatic heterocycles. The molecule has 2 rings (SSSR count). The van der Waals surface area contributed by atoms with Crippen molar-refractivity contribution in [1.29, 1.82) is 0 Å². The third-order valence-corrected chi connectivity index (χ3v) is 4.23. The van der Waals surface area contributed by atoms with Crippen LogP contribution >= 0.6 is 0 Å². The number of hydrogen-bond donors (Lipinski definition) is 2. The molecule has 2 amide bonds. The summed E-state index contributed by atoms with van der Waals surface area (Å²) in [6.07, 6.45) is 1.23. The molecule has 0 radical (unpaired) electrons. The number of ether oxygens (including phenoxy) is 1. The van der Waals surface area contributed by atoms with E-state index in [4.69, 9.17) is 4.74 Å². The fraction of sp³-hybridized carbons (Fsp3) is 0.261. The number of benzene rings is 2. The van der Waals surface area contributed by atoms with Gasteiger partial charge in [-0.1, -0.05) is 50.2 Å². The van der Waals surface area contributed by atoms with Crippen molar-refractivity contribution in [2.24, 2.45) is 5.92 Å². The van der Waals surface area contributed by atoms with Gasteiger partial charge in [-0.3, -0.25) is 9.59 Å². The molecule has 0 fully saturated rings. The predicted molar refractivity (Wildman–Crippen MR) is 112 cm³/mol. The lowest BCUT2D eigenvalue weighted by Gasteiger charge is -2.21. The number of carbonyl (C=O) groups is 3. The molecule has 2 aromatic carbocycles. The van der Waals surface area contributed by atoms with Crippen LogP contribution < -0.4 is 10.6 Å². The smallest absolute Gasteiger partial charge is 0.328 e. The van der Waals surface area contributed by atoms with E-state index in [1.807, 2.05) is 0 Å². The number of amides is 2. The average Bonchev–Trinajstić information content (AvgIpc) is 2.73. The molecule has 2 aromatic rings. The molecule has 0 bridgehead atoms. The molecule has 0 saturated carbocycles. The lowest BCUT2D eigenvalue weighted by molar-refractivity contribution is -0.148. The number of hydrogen-bond acceptors (Lipinski definition) is 4. The Labute approximate surface area is 175 Å². The standard InChI is InChI=1S/C23H25FN2O4/c1-4-30-23(29)20(15(2)3)26-22(28)19(14-17-12-8-9-13-18(17)24)25-21(27)16-10-6-5-7-11-16/h5-15,20H,4H2,1-3H3,(H,25,27)(H,26,28)/t20-/m0/s1.